The quantitative estimate of drug-likeness (QED) is 0.817. The number of amides is 2. The van der Waals surface area contributed by atoms with E-state index in [0.29, 0.717) is 0 Å². The van der Waals surface area contributed by atoms with Gasteiger partial charge in [-0.15, -0.1) is 0 Å². The number of carbonyl (C=O) groups excluding carboxylic acids is 2. The number of hydrogen-bond acceptors (Lipinski definition) is 4. The van der Waals surface area contributed by atoms with Gasteiger partial charge in [0.15, 0.2) is 0 Å². The molecule has 1 saturated heterocycles. The van der Waals surface area contributed by atoms with Crippen molar-refractivity contribution in [2.45, 2.75) is 58.2 Å². The number of benzene rings is 1. The summed E-state index contributed by atoms with van der Waals surface area (Å²) >= 11 is 0. The Hall–Kier alpha value is -2.08. The van der Waals surface area contributed by atoms with Crippen LogP contribution in [-0.4, -0.2) is 48.2 Å². The van der Waals surface area contributed by atoms with Crippen molar-refractivity contribution in [2.75, 3.05) is 19.6 Å². The lowest BCUT2D eigenvalue weighted by Crippen LogP contribution is -2.45. The van der Waals surface area contributed by atoms with Crippen LogP contribution in [0.3, 0.4) is 0 Å². The minimum absolute atomic E-state index is 0.0254. The van der Waals surface area contributed by atoms with Crippen molar-refractivity contribution in [3.63, 3.8) is 0 Å². The molecule has 2 N–H and O–H groups in total. The molecule has 0 atom stereocenters. The second kappa shape index (κ2) is 9.57. The second-order valence-corrected chi connectivity index (χ2v) is 7.78. The zero-order chi connectivity index (χ0) is 19.0. The van der Waals surface area contributed by atoms with E-state index in [1.54, 1.807) is 0 Å². The summed E-state index contributed by atoms with van der Waals surface area (Å²) in [4.78, 5) is 26.0. The summed E-state index contributed by atoms with van der Waals surface area (Å²) < 4.78 is 5.14. The van der Waals surface area contributed by atoms with Gasteiger partial charge in [-0.3, -0.25) is 9.69 Å². The van der Waals surface area contributed by atoms with Gasteiger partial charge in [-0.25, -0.2) is 4.79 Å². The van der Waals surface area contributed by atoms with E-state index >= 15 is 0 Å². The first-order valence-electron chi connectivity index (χ1n) is 9.34. The molecule has 0 aromatic heterocycles. The Morgan fingerprint density at radius 3 is 2.42 bits per heavy atom. The Labute approximate surface area is 156 Å². The number of likely N-dealkylation sites (tertiary alicyclic amines) is 1. The summed E-state index contributed by atoms with van der Waals surface area (Å²) in [5, 5.41) is 5.68. The van der Waals surface area contributed by atoms with Gasteiger partial charge >= 0.3 is 6.09 Å². The molecule has 6 nitrogen and oxygen atoms in total. The van der Waals surface area contributed by atoms with Crippen molar-refractivity contribution in [3.05, 3.63) is 35.9 Å². The number of piperidine rings is 1. The van der Waals surface area contributed by atoms with E-state index < -0.39 is 11.7 Å². The smallest absolute Gasteiger partial charge is 0.407 e. The lowest BCUT2D eigenvalue weighted by Gasteiger charge is -2.32. The van der Waals surface area contributed by atoms with E-state index in [4.69, 9.17) is 4.74 Å². The first-order chi connectivity index (χ1) is 12.3. The van der Waals surface area contributed by atoms with Gasteiger partial charge in [-0.1, -0.05) is 30.3 Å². The van der Waals surface area contributed by atoms with Gasteiger partial charge in [0.2, 0.25) is 5.91 Å². The highest BCUT2D eigenvalue weighted by molar-refractivity contribution is 5.77. The lowest BCUT2D eigenvalue weighted by molar-refractivity contribution is -0.122. The minimum atomic E-state index is -0.528. The molecule has 0 saturated carbocycles. The summed E-state index contributed by atoms with van der Waals surface area (Å²) in [7, 11) is 0. The Morgan fingerprint density at radius 2 is 1.81 bits per heavy atom. The molecular formula is C20H31N3O3. The third-order valence-corrected chi connectivity index (χ3v) is 4.22. The van der Waals surface area contributed by atoms with Crippen molar-refractivity contribution in [1.29, 1.82) is 0 Å². The maximum atomic E-state index is 12.0. The molecule has 6 heteroatoms. The monoisotopic (exact) mass is 361 g/mol. The number of hydrogen-bond donors (Lipinski definition) is 2. The van der Waals surface area contributed by atoms with Crippen LogP contribution in [0.15, 0.2) is 30.3 Å². The highest BCUT2D eigenvalue weighted by atomic mass is 16.6. The average Bonchev–Trinajstić information content (AvgIpc) is 2.56. The van der Waals surface area contributed by atoms with Crippen molar-refractivity contribution in [1.82, 2.24) is 15.5 Å². The van der Waals surface area contributed by atoms with Gasteiger partial charge in [0.25, 0.3) is 0 Å². The maximum absolute atomic E-state index is 12.0. The molecule has 0 aliphatic carbocycles. The van der Waals surface area contributed by atoms with Gasteiger partial charge in [0.1, 0.15) is 5.60 Å². The summed E-state index contributed by atoms with van der Waals surface area (Å²) in [6.45, 7) is 8.64. The van der Waals surface area contributed by atoms with Gasteiger partial charge < -0.3 is 15.4 Å². The van der Waals surface area contributed by atoms with Gasteiger partial charge in [-0.05, 0) is 39.2 Å². The number of rotatable bonds is 6. The van der Waals surface area contributed by atoms with Crippen LogP contribution in [0.25, 0.3) is 0 Å². The first kappa shape index (κ1) is 20.2. The van der Waals surface area contributed by atoms with E-state index in [0.717, 1.165) is 32.5 Å². The third-order valence-electron chi connectivity index (χ3n) is 4.22. The molecule has 0 bridgehead atoms. The molecule has 0 spiro atoms. The van der Waals surface area contributed by atoms with Crippen LogP contribution in [0.4, 0.5) is 4.79 Å². The van der Waals surface area contributed by atoms with Crippen LogP contribution in [0.5, 0.6) is 0 Å². The topological polar surface area (TPSA) is 70.7 Å². The van der Waals surface area contributed by atoms with E-state index in [1.165, 1.54) is 5.56 Å². The van der Waals surface area contributed by atoms with E-state index in [2.05, 4.69) is 39.8 Å². The summed E-state index contributed by atoms with van der Waals surface area (Å²) in [6.07, 6.45) is 1.69. The molecule has 1 heterocycles. The SMILES string of the molecule is CC(C)(C)OC(=O)NCCC(=O)NC1CCN(Cc2ccccc2)CC1. The van der Waals surface area contributed by atoms with Gasteiger partial charge in [0.05, 0.1) is 0 Å². The van der Waals surface area contributed by atoms with E-state index in [9.17, 15) is 9.59 Å². The highest BCUT2D eigenvalue weighted by Gasteiger charge is 2.21. The molecular weight excluding hydrogens is 330 g/mol. The molecule has 1 aromatic carbocycles. The molecule has 1 aromatic rings. The Balaban J connectivity index is 1.60. The molecule has 0 unspecified atom stereocenters. The van der Waals surface area contributed by atoms with Crippen LogP contribution in [0, 0.1) is 0 Å². The predicted octanol–water partition coefficient (Wildman–Crippen LogP) is 2.68. The summed E-state index contributed by atoms with van der Waals surface area (Å²) in [5.41, 5.74) is 0.795. The number of alkyl carbamates (subject to hydrolysis) is 1. The van der Waals surface area contributed by atoms with Crippen LogP contribution in [0.1, 0.15) is 45.6 Å². The Morgan fingerprint density at radius 1 is 1.15 bits per heavy atom. The fraction of sp³-hybridized carbons (Fsp3) is 0.600. The van der Waals surface area contributed by atoms with E-state index in [-0.39, 0.29) is 24.9 Å². The zero-order valence-electron chi connectivity index (χ0n) is 16.1. The van der Waals surface area contributed by atoms with Gasteiger partial charge in [-0.2, -0.15) is 0 Å². The normalized spacial score (nSPS) is 16.1. The van der Waals surface area contributed by atoms with Crippen LogP contribution in [-0.2, 0) is 16.1 Å². The minimum Gasteiger partial charge on any atom is -0.444 e. The van der Waals surface area contributed by atoms with Crippen LogP contribution >= 0.6 is 0 Å². The molecule has 1 fully saturated rings. The predicted molar refractivity (Wildman–Crippen MR) is 102 cm³/mol. The maximum Gasteiger partial charge on any atom is 0.407 e. The Kier molecular flexibility index (Phi) is 7.45. The zero-order valence-corrected chi connectivity index (χ0v) is 16.1. The fourth-order valence-electron chi connectivity index (χ4n) is 2.97. The molecule has 1 aliphatic rings. The molecule has 26 heavy (non-hydrogen) atoms. The first-order valence-corrected chi connectivity index (χ1v) is 9.34. The third kappa shape index (κ3) is 7.87. The summed E-state index contributed by atoms with van der Waals surface area (Å²) in [5.74, 6) is -0.0254. The fourth-order valence-corrected chi connectivity index (χ4v) is 2.97. The Bertz CT molecular complexity index is 576. The largest absolute Gasteiger partial charge is 0.444 e. The molecule has 2 rings (SSSR count). The van der Waals surface area contributed by atoms with Crippen LogP contribution < -0.4 is 10.6 Å². The van der Waals surface area contributed by atoms with Crippen molar-refractivity contribution in [2.24, 2.45) is 0 Å². The number of carbonyl (C=O) groups is 2. The van der Waals surface area contributed by atoms with Crippen molar-refractivity contribution in [3.8, 4) is 0 Å². The average molecular weight is 361 g/mol. The second-order valence-electron chi connectivity index (χ2n) is 7.78. The van der Waals surface area contributed by atoms with Crippen LogP contribution in [0.2, 0.25) is 0 Å². The lowest BCUT2D eigenvalue weighted by atomic mass is 10.0. The molecule has 144 valence electrons. The van der Waals surface area contributed by atoms with Gasteiger partial charge in [0, 0.05) is 38.6 Å². The molecule has 2 amide bonds. The van der Waals surface area contributed by atoms with E-state index in [1.807, 2.05) is 26.8 Å². The number of ether oxygens (including phenoxy) is 1. The molecule has 0 radical (unpaired) electrons. The number of nitrogens with zero attached hydrogens (tertiary/aromatic N) is 1. The summed E-state index contributed by atoms with van der Waals surface area (Å²) in [6, 6.07) is 10.7. The highest BCUT2D eigenvalue weighted by Crippen LogP contribution is 2.14. The van der Waals surface area contributed by atoms with Crippen molar-refractivity contribution < 1.29 is 14.3 Å². The number of nitrogens with one attached hydrogen (secondary N) is 2. The standard InChI is InChI=1S/C20H31N3O3/c1-20(2,3)26-19(25)21-12-9-18(24)22-17-10-13-23(14-11-17)15-16-7-5-4-6-8-16/h4-8,17H,9-15H2,1-3H3,(H,21,25)(H,22,24). The van der Waals surface area contributed by atoms with Crippen molar-refractivity contribution >= 4 is 12.0 Å². The molecule has 1 aliphatic heterocycles.